The molecular weight excluding hydrogens is 486 g/mol. The minimum absolute atomic E-state index is 0.0414. The molecule has 0 aromatic heterocycles. The summed E-state index contributed by atoms with van der Waals surface area (Å²) in [6.07, 6.45) is 4.78. The second-order valence-electron chi connectivity index (χ2n) is 10.7. The highest BCUT2D eigenvalue weighted by atomic mass is 16.5. The molecule has 9 nitrogen and oxygen atoms in total. The molecule has 0 bridgehead atoms. The van der Waals surface area contributed by atoms with Crippen LogP contribution in [-0.2, 0) is 30.3 Å². The van der Waals surface area contributed by atoms with Gasteiger partial charge in [0, 0.05) is 19.4 Å². The monoisotopic (exact) mass is 531 g/mol. The topological polar surface area (TPSA) is 134 Å². The summed E-state index contributed by atoms with van der Waals surface area (Å²) in [4.78, 5) is 49.1. The molecule has 3 amide bonds. The molecule has 9 heteroatoms. The van der Waals surface area contributed by atoms with Gasteiger partial charge in [-0.15, -0.1) is 0 Å². The van der Waals surface area contributed by atoms with Gasteiger partial charge in [0.2, 0.25) is 17.7 Å². The van der Waals surface area contributed by atoms with Crippen molar-refractivity contribution in [2.75, 3.05) is 7.11 Å². The number of benzene rings is 1. The van der Waals surface area contributed by atoms with Gasteiger partial charge < -0.3 is 25.8 Å². The maximum absolute atomic E-state index is 13.2. The molecule has 0 heterocycles. The average Bonchev–Trinajstić information content (AvgIpc) is 2.90. The Hall–Kier alpha value is -2.94. The highest BCUT2D eigenvalue weighted by Crippen LogP contribution is 2.29. The van der Waals surface area contributed by atoms with Crippen molar-refractivity contribution in [2.45, 2.75) is 103 Å². The largest absolute Gasteiger partial charge is 0.469 e. The van der Waals surface area contributed by atoms with Crippen LogP contribution in [0, 0.1) is 11.8 Å². The Balaban J connectivity index is 2.21. The number of hydrogen-bond donors (Lipinski definition) is 4. The molecule has 1 saturated carbocycles. The molecule has 4 N–H and O–H groups in total. The standard InChI is InChI=1S/C29H45N3O6/c1-19(2)28(30-20(3)33)29(37)32-23(22-13-9-6-10-14-22)18-25(34)24(17-21-11-7-5-8-12-21)31-26(35)15-16-27(36)38-4/h5,7-8,11-12,19,22-25,28,34H,6,9-10,13-18H2,1-4H3,(H,30,33)(H,31,35)(H,32,37)/t23?,24?,25-,28-/m0/s1. The molecule has 0 saturated heterocycles. The number of carbonyl (C=O) groups excluding carboxylic acids is 4. The molecule has 2 rings (SSSR count). The van der Waals surface area contributed by atoms with Gasteiger partial charge in [-0.25, -0.2) is 0 Å². The molecule has 1 aliphatic rings. The Morgan fingerprint density at radius 1 is 0.974 bits per heavy atom. The van der Waals surface area contributed by atoms with Crippen molar-refractivity contribution in [1.29, 1.82) is 0 Å². The van der Waals surface area contributed by atoms with Gasteiger partial charge in [-0.05, 0) is 43.1 Å². The van der Waals surface area contributed by atoms with E-state index in [9.17, 15) is 24.3 Å². The fraction of sp³-hybridized carbons (Fsp3) is 0.655. The minimum atomic E-state index is -0.942. The molecule has 4 atom stereocenters. The zero-order valence-corrected chi connectivity index (χ0v) is 23.2. The number of carbonyl (C=O) groups is 4. The minimum Gasteiger partial charge on any atom is -0.469 e. The molecular formula is C29H45N3O6. The van der Waals surface area contributed by atoms with Crippen LogP contribution in [0.1, 0.15) is 77.7 Å². The molecule has 2 unspecified atom stereocenters. The van der Waals surface area contributed by atoms with Crippen LogP contribution in [0.15, 0.2) is 30.3 Å². The van der Waals surface area contributed by atoms with Gasteiger partial charge in [-0.3, -0.25) is 19.2 Å². The second-order valence-corrected chi connectivity index (χ2v) is 10.7. The van der Waals surface area contributed by atoms with Gasteiger partial charge in [-0.2, -0.15) is 0 Å². The number of amides is 3. The van der Waals surface area contributed by atoms with Crippen molar-refractivity contribution in [3.8, 4) is 0 Å². The molecule has 38 heavy (non-hydrogen) atoms. The summed E-state index contributed by atoms with van der Waals surface area (Å²) in [6.45, 7) is 5.15. The quantitative estimate of drug-likeness (QED) is 0.273. The Morgan fingerprint density at radius 2 is 1.63 bits per heavy atom. The van der Waals surface area contributed by atoms with E-state index in [4.69, 9.17) is 0 Å². The second kappa shape index (κ2) is 16.1. The lowest BCUT2D eigenvalue weighted by Gasteiger charge is -2.35. The zero-order valence-electron chi connectivity index (χ0n) is 23.2. The van der Waals surface area contributed by atoms with E-state index >= 15 is 0 Å². The summed E-state index contributed by atoms with van der Waals surface area (Å²) in [5, 5.41) is 20.2. The van der Waals surface area contributed by atoms with Gasteiger partial charge in [0.15, 0.2) is 0 Å². The van der Waals surface area contributed by atoms with Crippen LogP contribution < -0.4 is 16.0 Å². The van der Waals surface area contributed by atoms with Gasteiger partial charge in [0.25, 0.3) is 0 Å². The first-order valence-electron chi connectivity index (χ1n) is 13.8. The summed E-state index contributed by atoms with van der Waals surface area (Å²) in [5.41, 5.74) is 0.952. The van der Waals surface area contributed by atoms with Gasteiger partial charge in [0.1, 0.15) is 6.04 Å². The van der Waals surface area contributed by atoms with E-state index in [1.54, 1.807) is 0 Å². The summed E-state index contributed by atoms with van der Waals surface area (Å²) in [7, 11) is 1.28. The first-order valence-corrected chi connectivity index (χ1v) is 13.8. The van der Waals surface area contributed by atoms with E-state index in [1.807, 2.05) is 44.2 Å². The van der Waals surface area contributed by atoms with E-state index in [2.05, 4.69) is 20.7 Å². The Labute approximate surface area is 226 Å². The lowest BCUT2D eigenvalue weighted by Crippen LogP contribution is -2.55. The smallest absolute Gasteiger partial charge is 0.306 e. The van der Waals surface area contributed by atoms with Crippen LogP contribution in [0.2, 0.25) is 0 Å². The molecule has 1 aromatic rings. The molecule has 212 valence electrons. The van der Waals surface area contributed by atoms with Crippen molar-refractivity contribution in [3.63, 3.8) is 0 Å². The predicted octanol–water partition coefficient (Wildman–Crippen LogP) is 2.64. The lowest BCUT2D eigenvalue weighted by atomic mass is 9.80. The lowest BCUT2D eigenvalue weighted by molar-refractivity contribution is -0.142. The van der Waals surface area contributed by atoms with E-state index in [-0.39, 0.29) is 54.9 Å². The third kappa shape index (κ3) is 10.8. The molecule has 0 radical (unpaired) electrons. The van der Waals surface area contributed by atoms with Gasteiger partial charge in [0.05, 0.1) is 25.7 Å². The summed E-state index contributed by atoms with van der Waals surface area (Å²) < 4.78 is 4.63. The third-order valence-electron chi connectivity index (χ3n) is 7.24. The zero-order chi connectivity index (χ0) is 28.1. The van der Waals surface area contributed by atoms with Crippen molar-refractivity contribution in [3.05, 3.63) is 35.9 Å². The van der Waals surface area contributed by atoms with Crippen molar-refractivity contribution >= 4 is 23.7 Å². The summed E-state index contributed by atoms with van der Waals surface area (Å²) >= 11 is 0. The van der Waals surface area contributed by atoms with Crippen molar-refractivity contribution < 1.29 is 29.0 Å². The van der Waals surface area contributed by atoms with Crippen LogP contribution in [-0.4, -0.2) is 60.1 Å². The van der Waals surface area contributed by atoms with E-state index in [0.29, 0.717) is 6.42 Å². The maximum atomic E-state index is 13.2. The molecule has 0 spiro atoms. The molecule has 1 fully saturated rings. The third-order valence-corrected chi connectivity index (χ3v) is 7.24. The van der Waals surface area contributed by atoms with Crippen LogP contribution in [0.5, 0.6) is 0 Å². The van der Waals surface area contributed by atoms with Crippen LogP contribution >= 0.6 is 0 Å². The van der Waals surface area contributed by atoms with Gasteiger partial charge >= 0.3 is 5.97 Å². The number of aliphatic hydroxyl groups excluding tert-OH is 1. The first-order chi connectivity index (χ1) is 18.1. The van der Waals surface area contributed by atoms with Crippen LogP contribution in [0.3, 0.4) is 0 Å². The number of hydrogen-bond acceptors (Lipinski definition) is 6. The SMILES string of the molecule is COC(=O)CCC(=O)NC(Cc1ccccc1)[C@@H](O)CC(NC(=O)[C@@H](NC(C)=O)C(C)C)C1CCCCC1. The van der Waals surface area contributed by atoms with E-state index in [0.717, 1.165) is 37.7 Å². The number of nitrogens with one attached hydrogen (secondary N) is 3. The number of methoxy groups -OCH3 is 1. The fourth-order valence-corrected chi connectivity index (χ4v) is 5.10. The molecule has 0 aliphatic heterocycles. The highest BCUT2D eigenvalue weighted by Gasteiger charge is 2.33. The summed E-state index contributed by atoms with van der Waals surface area (Å²) in [5.74, 6) is -1.26. The Morgan fingerprint density at radius 3 is 2.21 bits per heavy atom. The number of esters is 1. The highest BCUT2D eigenvalue weighted by molar-refractivity contribution is 5.87. The Bertz CT molecular complexity index is 901. The number of aliphatic hydroxyl groups is 1. The van der Waals surface area contributed by atoms with Crippen LogP contribution in [0.4, 0.5) is 0 Å². The fourth-order valence-electron chi connectivity index (χ4n) is 5.10. The van der Waals surface area contributed by atoms with Gasteiger partial charge in [-0.1, -0.05) is 63.4 Å². The van der Waals surface area contributed by atoms with Crippen molar-refractivity contribution in [2.24, 2.45) is 11.8 Å². The maximum Gasteiger partial charge on any atom is 0.306 e. The molecule has 1 aliphatic carbocycles. The predicted molar refractivity (Wildman–Crippen MR) is 145 cm³/mol. The van der Waals surface area contributed by atoms with E-state index in [1.165, 1.54) is 14.0 Å². The molecule has 1 aromatic carbocycles. The van der Waals surface area contributed by atoms with E-state index < -0.39 is 24.2 Å². The average molecular weight is 532 g/mol. The van der Waals surface area contributed by atoms with Crippen LogP contribution in [0.25, 0.3) is 0 Å². The van der Waals surface area contributed by atoms with Crippen molar-refractivity contribution in [1.82, 2.24) is 16.0 Å². The first kappa shape index (κ1) is 31.3. The number of rotatable bonds is 14. The summed E-state index contributed by atoms with van der Waals surface area (Å²) in [6, 6.07) is 7.98. The Kier molecular flexibility index (Phi) is 13.3. The normalized spacial score (nSPS) is 17.1. The number of ether oxygens (including phenoxy) is 1.